The van der Waals surface area contributed by atoms with E-state index in [-0.39, 0.29) is 23.6 Å². The molecule has 0 rings (SSSR count). The Kier molecular flexibility index (Phi) is 9.04. The van der Waals surface area contributed by atoms with Gasteiger partial charge in [0.05, 0.1) is 26.2 Å². The van der Waals surface area contributed by atoms with E-state index in [9.17, 15) is 9.90 Å². The highest BCUT2D eigenvalue weighted by molar-refractivity contribution is 5.91. The SMILES string of the molecule is C=C(C)C(=O)NCCC[N+](C)(C)OCCC([O-])C(C#N)C#N. The summed E-state index contributed by atoms with van der Waals surface area (Å²) in [6.07, 6.45) is -0.434. The molecule has 0 bridgehead atoms. The van der Waals surface area contributed by atoms with Crippen molar-refractivity contribution in [2.75, 3.05) is 33.8 Å². The molecule has 1 atom stereocenters. The van der Waals surface area contributed by atoms with E-state index in [0.29, 0.717) is 25.1 Å². The summed E-state index contributed by atoms with van der Waals surface area (Å²) < 4.78 is 0.236. The molecule has 0 saturated carbocycles. The van der Waals surface area contributed by atoms with Gasteiger partial charge in [0.25, 0.3) is 0 Å². The average Bonchev–Trinajstić information content (AvgIpc) is 2.44. The van der Waals surface area contributed by atoms with Crippen molar-refractivity contribution in [1.29, 1.82) is 10.5 Å². The molecule has 0 aliphatic carbocycles. The highest BCUT2D eigenvalue weighted by Crippen LogP contribution is 2.06. The Morgan fingerprint density at radius 3 is 2.50 bits per heavy atom. The standard InChI is InChI=1S/C15H24N4O3/c1-12(2)15(21)18-7-5-8-19(3,4)22-9-6-14(20)13(10-16)11-17/h13-14H,1,5-9H2,2-4H3,(H,18,21). The highest BCUT2D eigenvalue weighted by atomic mass is 16.7. The van der Waals surface area contributed by atoms with Crippen LogP contribution in [0.1, 0.15) is 19.8 Å². The first-order valence-electron chi connectivity index (χ1n) is 7.09. The molecule has 22 heavy (non-hydrogen) atoms. The van der Waals surface area contributed by atoms with Gasteiger partial charge in [-0.3, -0.25) is 4.79 Å². The van der Waals surface area contributed by atoms with Crippen LogP contribution in [0.3, 0.4) is 0 Å². The summed E-state index contributed by atoms with van der Waals surface area (Å²) in [5.74, 6) is -1.31. The summed E-state index contributed by atoms with van der Waals surface area (Å²) in [4.78, 5) is 16.9. The van der Waals surface area contributed by atoms with Crippen LogP contribution in [-0.2, 0) is 9.63 Å². The summed E-state index contributed by atoms with van der Waals surface area (Å²) in [6.45, 7) is 6.55. The molecule has 0 aromatic rings. The number of hydroxylamine groups is 3. The molecule has 1 N–H and O–H groups in total. The Balaban J connectivity index is 3.96. The molecular weight excluding hydrogens is 284 g/mol. The molecule has 7 heteroatoms. The van der Waals surface area contributed by atoms with Crippen molar-refractivity contribution in [3.63, 3.8) is 0 Å². The van der Waals surface area contributed by atoms with Crippen LogP contribution in [0.25, 0.3) is 0 Å². The van der Waals surface area contributed by atoms with Crippen LogP contribution in [-0.4, -0.2) is 50.4 Å². The van der Waals surface area contributed by atoms with E-state index < -0.39 is 12.0 Å². The van der Waals surface area contributed by atoms with Crippen molar-refractivity contribution in [3.8, 4) is 12.1 Å². The summed E-state index contributed by atoms with van der Waals surface area (Å²) in [6, 6.07) is 3.36. The third-order valence-corrected chi connectivity index (χ3v) is 3.04. The summed E-state index contributed by atoms with van der Waals surface area (Å²) in [7, 11) is 3.68. The minimum atomic E-state index is -1.26. The molecule has 7 nitrogen and oxygen atoms in total. The predicted molar refractivity (Wildman–Crippen MR) is 78.5 cm³/mol. The summed E-state index contributed by atoms with van der Waals surface area (Å²) >= 11 is 0. The molecule has 0 radical (unpaired) electrons. The van der Waals surface area contributed by atoms with Gasteiger partial charge in [-0.15, -0.1) is 0 Å². The van der Waals surface area contributed by atoms with Gasteiger partial charge in [0.15, 0.2) is 0 Å². The van der Waals surface area contributed by atoms with Gasteiger partial charge in [0.2, 0.25) is 5.91 Å². The fraction of sp³-hybridized carbons (Fsp3) is 0.667. The van der Waals surface area contributed by atoms with Gasteiger partial charge in [-0.1, -0.05) is 12.7 Å². The molecule has 0 aromatic carbocycles. The maximum absolute atomic E-state index is 11.6. The zero-order chi connectivity index (χ0) is 17.2. The van der Waals surface area contributed by atoms with Crippen molar-refractivity contribution < 1.29 is 19.4 Å². The maximum atomic E-state index is 11.6. The Labute approximate surface area is 131 Å². The smallest absolute Gasteiger partial charge is 0.246 e. The van der Waals surface area contributed by atoms with Crippen molar-refractivity contribution >= 4 is 5.91 Å². The molecule has 0 aliphatic rings. The fourth-order valence-electron chi connectivity index (χ4n) is 1.65. The van der Waals surface area contributed by atoms with E-state index in [0.717, 1.165) is 0 Å². The molecule has 1 amide bonds. The molecule has 0 aliphatic heterocycles. The van der Waals surface area contributed by atoms with Crippen molar-refractivity contribution in [2.45, 2.75) is 25.9 Å². The second kappa shape index (κ2) is 9.91. The number of amides is 1. The third kappa shape index (κ3) is 8.38. The number of carbonyl (C=O) groups excluding carboxylic acids is 1. The van der Waals surface area contributed by atoms with Gasteiger partial charge in [0, 0.05) is 18.5 Å². The molecule has 0 heterocycles. The number of nitrogens with one attached hydrogen (secondary N) is 1. The summed E-state index contributed by atoms with van der Waals surface area (Å²) in [5, 5.41) is 31.6. The van der Waals surface area contributed by atoms with Gasteiger partial charge in [0.1, 0.15) is 19.1 Å². The number of quaternary nitrogens is 1. The van der Waals surface area contributed by atoms with Crippen LogP contribution in [0, 0.1) is 28.6 Å². The number of hydrogen-bond acceptors (Lipinski definition) is 5. The molecule has 1 unspecified atom stereocenters. The van der Waals surface area contributed by atoms with Crippen molar-refractivity contribution in [3.05, 3.63) is 12.2 Å². The topological polar surface area (TPSA) is 109 Å². The minimum absolute atomic E-state index is 0.111. The van der Waals surface area contributed by atoms with Crippen LogP contribution in [0.5, 0.6) is 0 Å². The first-order valence-corrected chi connectivity index (χ1v) is 7.09. The molecule has 0 aromatic heterocycles. The van der Waals surface area contributed by atoms with Crippen molar-refractivity contribution in [2.24, 2.45) is 5.92 Å². The van der Waals surface area contributed by atoms with Gasteiger partial charge >= 0.3 is 0 Å². The van der Waals surface area contributed by atoms with Gasteiger partial charge < -0.3 is 10.4 Å². The number of nitriles is 2. The van der Waals surface area contributed by atoms with Crippen LogP contribution >= 0.6 is 0 Å². The van der Waals surface area contributed by atoms with E-state index in [1.165, 1.54) is 0 Å². The Hall–Kier alpha value is -1.93. The molecule has 0 spiro atoms. The van der Waals surface area contributed by atoms with Crippen molar-refractivity contribution in [1.82, 2.24) is 5.32 Å². The zero-order valence-electron chi connectivity index (χ0n) is 13.5. The Bertz CT molecular complexity index is 448. The van der Waals surface area contributed by atoms with E-state index in [2.05, 4.69) is 11.9 Å². The van der Waals surface area contributed by atoms with E-state index in [1.54, 1.807) is 19.1 Å². The van der Waals surface area contributed by atoms with Crippen LogP contribution in [0.15, 0.2) is 12.2 Å². The van der Waals surface area contributed by atoms with Gasteiger partial charge in [-0.05, 0) is 13.3 Å². The molecule has 122 valence electrons. The largest absolute Gasteiger partial charge is 0.850 e. The first kappa shape index (κ1) is 20.1. The van der Waals surface area contributed by atoms with Crippen LogP contribution in [0.2, 0.25) is 0 Å². The number of rotatable bonds is 10. The Morgan fingerprint density at radius 1 is 1.41 bits per heavy atom. The monoisotopic (exact) mass is 308 g/mol. The summed E-state index contributed by atoms with van der Waals surface area (Å²) in [5.41, 5.74) is 0.469. The lowest BCUT2D eigenvalue weighted by atomic mass is 10.0. The molecule has 0 fully saturated rings. The fourth-order valence-corrected chi connectivity index (χ4v) is 1.65. The second-order valence-corrected chi connectivity index (χ2v) is 5.58. The molecule has 0 saturated heterocycles. The Morgan fingerprint density at radius 2 is 2.00 bits per heavy atom. The lowest BCUT2D eigenvalue weighted by Crippen LogP contribution is -2.43. The number of carbonyl (C=O) groups is 1. The third-order valence-electron chi connectivity index (χ3n) is 3.04. The predicted octanol–water partition coefficient (Wildman–Crippen LogP) is -0.141. The van der Waals surface area contributed by atoms with Gasteiger partial charge in [-0.2, -0.15) is 15.2 Å². The van der Waals surface area contributed by atoms with Crippen LogP contribution < -0.4 is 10.4 Å². The van der Waals surface area contributed by atoms with E-state index >= 15 is 0 Å². The van der Waals surface area contributed by atoms with Gasteiger partial charge in [-0.25, -0.2) is 4.84 Å². The van der Waals surface area contributed by atoms with Crippen LogP contribution in [0.4, 0.5) is 0 Å². The quantitative estimate of drug-likeness (QED) is 0.261. The highest BCUT2D eigenvalue weighted by Gasteiger charge is 2.18. The minimum Gasteiger partial charge on any atom is -0.850 e. The lowest BCUT2D eigenvalue weighted by molar-refractivity contribution is -1.08. The number of nitrogens with zero attached hydrogens (tertiary/aromatic N) is 3. The maximum Gasteiger partial charge on any atom is 0.246 e. The van der Waals surface area contributed by atoms with E-state index in [4.69, 9.17) is 15.4 Å². The molecular formula is C15H24N4O3. The lowest BCUT2D eigenvalue weighted by Gasteiger charge is -2.29. The zero-order valence-corrected chi connectivity index (χ0v) is 13.5. The average molecular weight is 308 g/mol. The number of hydrogen-bond donors (Lipinski definition) is 1. The second-order valence-electron chi connectivity index (χ2n) is 5.58. The van der Waals surface area contributed by atoms with E-state index in [1.807, 2.05) is 14.1 Å². The normalized spacial score (nSPS) is 12.3. The first-order chi connectivity index (χ1) is 10.2.